The second kappa shape index (κ2) is 4.82. The Labute approximate surface area is 103 Å². The molecule has 1 aromatic heterocycles. The summed E-state index contributed by atoms with van der Waals surface area (Å²) in [5.41, 5.74) is 0. The predicted molar refractivity (Wildman–Crippen MR) is 66.4 cm³/mol. The molecule has 1 aliphatic rings. The van der Waals surface area contributed by atoms with Crippen molar-refractivity contribution in [1.29, 1.82) is 0 Å². The van der Waals surface area contributed by atoms with E-state index in [1.54, 1.807) is 13.1 Å². The minimum Gasteiger partial charge on any atom is -0.354 e. The fourth-order valence-electron chi connectivity index (χ4n) is 1.93. The number of amides is 1. The van der Waals surface area contributed by atoms with Gasteiger partial charge in [-0.3, -0.25) is 4.79 Å². The average Bonchev–Trinajstić information content (AvgIpc) is 2.66. The summed E-state index contributed by atoms with van der Waals surface area (Å²) in [7, 11) is 0. The lowest BCUT2D eigenvalue weighted by molar-refractivity contribution is -0.119. The van der Waals surface area contributed by atoms with Gasteiger partial charge in [0, 0.05) is 36.7 Å². The molecule has 1 saturated heterocycles. The van der Waals surface area contributed by atoms with Crippen LogP contribution in [-0.2, 0) is 4.79 Å². The summed E-state index contributed by atoms with van der Waals surface area (Å²) in [4.78, 5) is 17.5. The Hall–Kier alpha value is -1.10. The van der Waals surface area contributed by atoms with E-state index >= 15 is 0 Å². The quantitative estimate of drug-likeness (QED) is 0.896. The predicted octanol–water partition coefficient (Wildman–Crippen LogP) is 1.56. The normalized spacial score (nSPS) is 19.9. The number of carbonyl (C=O) groups excluding carboxylic acids is 1. The number of anilines is 1. The number of carbonyl (C=O) groups is 1. The van der Waals surface area contributed by atoms with Crippen LogP contribution in [0.5, 0.6) is 0 Å². The molecule has 2 heterocycles. The van der Waals surface area contributed by atoms with Crippen molar-refractivity contribution in [2.75, 3.05) is 18.0 Å². The SMILES string of the molecule is CC(=O)N[C@H]1CCN(c2ccc(Br)cn2)C1. The van der Waals surface area contributed by atoms with Crippen LogP contribution in [0.2, 0.25) is 0 Å². The maximum absolute atomic E-state index is 10.9. The molecule has 1 amide bonds. The van der Waals surface area contributed by atoms with Crippen molar-refractivity contribution in [1.82, 2.24) is 10.3 Å². The van der Waals surface area contributed by atoms with E-state index in [2.05, 4.69) is 31.1 Å². The highest BCUT2D eigenvalue weighted by Gasteiger charge is 2.23. The molecule has 5 heteroatoms. The Balaban J connectivity index is 1.98. The standard InChI is InChI=1S/C11H14BrN3O/c1-8(16)14-10-4-5-15(7-10)11-3-2-9(12)6-13-11/h2-3,6,10H,4-5,7H2,1H3,(H,14,16)/t10-/m0/s1. The molecule has 0 bridgehead atoms. The Kier molecular flexibility index (Phi) is 3.43. The van der Waals surface area contributed by atoms with Gasteiger partial charge < -0.3 is 10.2 Å². The highest BCUT2D eigenvalue weighted by molar-refractivity contribution is 9.10. The van der Waals surface area contributed by atoms with Gasteiger partial charge in [-0.25, -0.2) is 4.98 Å². The molecule has 0 spiro atoms. The van der Waals surface area contributed by atoms with E-state index < -0.39 is 0 Å². The summed E-state index contributed by atoms with van der Waals surface area (Å²) in [5.74, 6) is 1.01. The van der Waals surface area contributed by atoms with Crippen molar-refractivity contribution in [3.63, 3.8) is 0 Å². The highest BCUT2D eigenvalue weighted by Crippen LogP contribution is 2.19. The molecular formula is C11H14BrN3O. The van der Waals surface area contributed by atoms with E-state index in [1.807, 2.05) is 12.1 Å². The third-order valence-electron chi connectivity index (χ3n) is 2.63. The molecule has 1 N–H and O–H groups in total. The van der Waals surface area contributed by atoms with Crippen molar-refractivity contribution in [3.05, 3.63) is 22.8 Å². The zero-order valence-electron chi connectivity index (χ0n) is 9.11. The number of hydrogen-bond donors (Lipinski definition) is 1. The zero-order valence-corrected chi connectivity index (χ0v) is 10.7. The van der Waals surface area contributed by atoms with Crippen LogP contribution >= 0.6 is 15.9 Å². The smallest absolute Gasteiger partial charge is 0.217 e. The van der Waals surface area contributed by atoms with E-state index in [0.717, 1.165) is 29.8 Å². The topological polar surface area (TPSA) is 45.2 Å². The summed E-state index contributed by atoms with van der Waals surface area (Å²) in [5, 5.41) is 2.94. The van der Waals surface area contributed by atoms with Crippen molar-refractivity contribution >= 4 is 27.7 Å². The number of nitrogens with one attached hydrogen (secondary N) is 1. The molecule has 0 aromatic carbocycles. The molecule has 1 aromatic rings. The van der Waals surface area contributed by atoms with Crippen LogP contribution in [0.1, 0.15) is 13.3 Å². The molecular weight excluding hydrogens is 270 g/mol. The van der Waals surface area contributed by atoms with E-state index in [4.69, 9.17) is 0 Å². The number of nitrogens with zero attached hydrogens (tertiary/aromatic N) is 2. The van der Waals surface area contributed by atoms with E-state index in [-0.39, 0.29) is 11.9 Å². The van der Waals surface area contributed by atoms with E-state index in [0.29, 0.717) is 0 Å². The van der Waals surface area contributed by atoms with Gasteiger partial charge in [0.15, 0.2) is 0 Å². The fourth-order valence-corrected chi connectivity index (χ4v) is 2.16. The molecule has 1 atom stereocenters. The number of hydrogen-bond acceptors (Lipinski definition) is 3. The summed E-state index contributed by atoms with van der Waals surface area (Å²) in [6.07, 6.45) is 2.78. The van der Waals surface area contributed by atoms with Gasteiger partial charge in [-0.2, -0.15) is 0 Å². The Bertz CT molecular complexity index is 379. The van der Waals surface area contributed by atoms with Crippen molar-refractivity contribution in [3.8, 4) is 0 Å². The number of halogens is 1. The van der Waals surface area contributed by atoms with E-state index in [1.165, 1.54) is 0 Å². The Morgan fingerprint density at radius 1 is 1.62 bits per heavy atom. The first-order valence-corrected chi connectivity index (χ1v) is 6.08. The largest absolute Gasteiger partial charge is 0.354 e. The van der Waals surface area contributed by atoms with Gasteiger partial charge in [-0.05, 0) is 34.5 Å². The van der Waals surface area contributed by atoms with Crippen molar-refractivity contribution < 1.29 is 4.79 Å². The second-order valence-electron chi connectivity index (χ2n) is 3.97. The first kappa shape index (κ1) is 11.4. The molecule has 86 valence electrons. The van der Waals surface area contributed by atoms with Gasteiger partial charge in [-0.15, -0.1) is 0 Å². The van der Waals surface area contributed by atoms with Crippen LogP contribution < -0.4 is 10.2 Å². The first-order chi connectivity index (χ1) is 7.65. The zero-order chi connectivity index (χ0) is 11.5. The minimum absolute atomic E-state index is 0.0376. The molecule has 0 saturated carbocycles. The first-order valence-electron chi connectivity index (χ1n) is 5.29. The van der Waals surface area contributed by atoms with Gasteiger partial charge in [-0.1, -0.05) is 0 Å². The fraction of sp³-hybridized carbons (Fsp3) is 0.455. The van der Waals surface area contributed by atoms with Crippen molar-refractivity contribution in [2.45, 2.75) is 19.4 Å². The molecule has 0 aliphatic carbocycles. The summed E-state index contributed by atoms with van der Waals surface area (Å²) in [6, 6.07) is 4.22. The van der Waals surface area contributed by atoms with Crippen molar-refractivity contribution in [2.24, 2.45) is 0 Å². The molecule has 16 heavy (non-hydrogen) atoms. The third-order valence-corrected chi connectivity index (χ3v) is 3.10. The van der Waals surface area contributed by atoms with Gasteiger partial charge in [0.2, 0.25) is 5.91 Å². The molecule has 4 nitrogen and oxygen atoms in total. The molecule has 2 rings (SSSR count). The highest BCUT2D eigenvalue weighted by atomic mass is 79.9. The van der Waals surface area contributed by atoms with Gasteiger partial charge in [0.25, 0.3) is 0 Å². The van der Waals surface area contributed by atoms with Crippen LogP contribution in [-0.4, -0.2) is 30.0 Å². The van der Waals surface area contributed by atoms with Crippen LogP contribution in [0.3, 0.4) is 0 Å². The maximum Gasteiger partial charge on any atom is 0.217 e. The van der Waals surface area contributed by atoms with Crippen LogP contribution in [0, 0.1) is 0 Å². The lowest BCUT2D eigenvalue weighted by atomic mass is 10.3. The van der Waals surface area contributed by atoms with Crippen LogP contribution in [0.15, 0.2) is 22.8 Å². The Morgan fingerprint density at radius 2 is 2.44 bits per heavy atom. The lowest BCUT2D eigenvalue weighted by Crippen LogP contribution is -2.35. The molecule has 1 aliphatic heterocycles. The molecule has 1 fully saturated rings. The second-order valence-corrected chi connectivity index (χ2v) is 4.88. The van der Waals surface area contributed by atoms with Gasteiger partial charge in [0.05, 0.1) is 0 Å². The number of pyridine rings is 1. The third kappa shape index (κ3) is 2.72. The van der Waals surface area contributed by atoms with Gasteiger partial charge in [0.1, 0.15) is 5.82 Å². The monoisotopic (exact) mass is 283 g/mol. The summed E-state index contributed by atoms with van der Waals surface area (Å²) in [6.45, 7) is 3.34. The Morgan fingerprint density at radius 3 is 3.06 bits per heavy atom. The molecule has 0 unspecified atom stereocenters. The minimum atomic E-state index is 0.0376. The van der Waals surface area contributed by atoms with Gasteiger partial charge >= 0.3 is 0 Å². The number of aromatic nitrogens is 1. The number of rotatable bonds is 2. The van der Waals surface area contributed by atoms with E-state index in [9.17, 15) is 4.79 Å². The van der Waals surface area contributed by atoms with Crippen LogP contribution in [0.4, 0.5) is 5.82 Å². The van der Waals surface area contributed by atoms with Crippen LogP contribution in [0.25, 0.3) is 0 Å². The summed E-state index contributed by atoms with van der Waals surface area (Å²) >= 11 is 3.36. The lowest BCUT2D eigenvalue weighted by Gasteiger charge is -2.17. The summed E-state index contributed by atoms with van der Waals surface area (Å²) < 4.78 is 0.980. The maximum atomic E-state index is 10.9. The molecule has 0 radical (unpaired) electrons. The average molecular weight is 284 g/mol.